The molecule has 0 aliphatic carbocycles. The van der Waals surface area contributed by atoms with Gasteiger partial charge in [0.15, 0.2) is 0 Å². The normalized spacial score (nSPS) is 24.8. The minimum absolute atomic E-state index is 0.164. The fourth-order valence-electron chi connectivity index (χ4n) is 3.17. The third-order valence-electron chi connectivity index (χ3n) is 4.53. The van der Waals surface area contributed by atoms with E-state index in [4.69, 9.17) is 0 Å². The van der Waals surface area contributed by atoms with Crippen LogP contribution in [-0.2, 0) is 9.59 Å². The Bertz CT molecular complexity index is 359. The van der Waals surface area contributed by atoms with Crippen LogP contribution in [-0.4, -0.2) is 60.4 Å². The Morgan fingerprint density at radius 1 is 1.30 bits per heavy atom. The van der Waals surface area contributed by atoms with Crippen molar-refractivity contribution in [2.24, 2.45) is 5.92 Å². The van der Waals surface area contributed by atoms with Gasteiger partial charge in [-0.25, -0.2) is 0 Å². The van der Waals surface area contributed by atoms with Gasteiger partial charge in [0.2, 0.25) is 0 Å². The molecule has 2 unspecified atom stereocenters. The summed E-state index contributed by atoms with van der Waals surface area (Å²) >= 11 is 0. The number of nitrogens with zero attached hydrogens (tertiary/aromatic N) is 2. The largest absolute Gasteiger partial charge is 0.332 e. The molecule has 0 bridgehead atoms. The van der Waals surface area contributed by atoms with E-state index in [2.05, 4.69) is 19.2 Å². The molecule has 1 N–H and O–H groups in total. The highest BCUT2D eigenvalue weighted by Crippen LogP contribution is 2.19. The zero-order valence-electron chi connectivity index (χ0n) is 12.7. The lowest BCUT2D eigenvalue weighted by atomic mass is 9.97. The summed E-state index contributed by atoms with van der Waals surface area (Å²) in [6.07, 6.45) is 4.61. The molecule has 2 aliphatic heterocycles. The molecule has 2 fully saturated rings. The van der Waals surface area contributed by atoms with Gasteiger partial charge in [-0.1, -0.05) is 33.1 Å². The standard InChI is InChI=1S/C15H27N3O2/c1-3-5-6-12(4-2)10-17-11-13-9-16-7-8-18(13)15(20)14(17)19/h12-13,16H,3-11H2,1-2H3. The summed E-state index contributed by atoms with van der Waals surface area (Å²) in [5, 5.41) is 3.31. The monoisotopic (exact) mass is 281 g/mol. The first-order valence-corrected chi connectivity index (χ1v) is 7.97. The molecular formula is C15H27N3O2. The molecule has 5 heteroatoms. The number of carbonyl (C=O) groups excluding carboxylic acids is 2. The molecule has 0 aromatic rings. The van der Waals surface area contributed by atoms with Gasteiger partial charge < -0.3 is 15.1 Å². The molecule has 0 aromatic carbocycles. The van der Waals surface area contributed by atoms with Gasteiger partial charge >= 0.3 is 11.8 Å². The predicted octanol–water partition coefficient (Wildman–Crippen LogP) is 0.845. The zero-order valence-corrected chi connectivity index (χ0v) is 12.7. The van der Waals surface area contributed by atoms with Crippen LogP contribution in [0.5, 0.6) is 0 Å². The Morgan fingerprint density at radius 2 is 2.10 bits per heavy atom. The third kappa shape index (κ3) is 3.32. The van der Waals surface area contributed by atoms with Crippen LogP contribution in [0.4, 0.5) is 0 Å². The summed E-state index contributed by atoms with van der Waals surface area (Å²) in [6.45, 7) is 8.06. The molecule has 2 saturated heterocycles. The number of piperazine rings is 2. The van der Waals surface area contributed by atoms with Crippen LogP contribution >= 0.6 is 0 Å². The van der Waals surface area contributed by atoms with Crippen molar-refractivity contribution in [1.29, 1.82) is 0 Å². The quantitative estimate of drug-likeness (QED) is 0.734. The summed E-state index contributed by atoms with van der Waals surface area (Å²) in [7, 11) is 0. The molecule has 0 aromatic heterocycles. The zero-order chi connectivity index (χ0) is 14.5. The van der Waals surface area contributed by atoms with Crippen LogP contribution in [0.1, 0.15) is 39.5 Å². The van der Waals surface area contributed by atoms with Crippen LogP contribution in [0.25, 0.3) is 0 Å². The second-order valence-electron chi connectivity index (χ2n) is 5.98. The van der Waals surface area contributed by atoms with Gasteiger partial charge in [-0.3, -0.25) is 9.59 Å². The van der Waals surface area contributed by atoms with Gasteiger partial charge in [-0.15, -0.1) is 0 Å². The van der Waals surface area contributed by atoms with Crippen molar-refractivity contribution in [3.63, 3.8) is 0 Å². The smallest absolute Gasteiger partial charge is 0.312 e. The van der Waals surface area contributed by atoms with Crippen LogP contribution in [0, 0.1) is 5.92 Å². The Balaban J connectivity index is 1.97. The number of hydrogen-bond donors (Lipinski definition) is 1. The molecule has 2 atom stereocenters. The lowest BCUT2D eigenvalue weighted by Gasteiger charge is -2.44. The molecular weight excluding hydrogens is 254 g/mol. The second-order valence-corrected chi connectivity index (χ2v) is 5.98. The van der Waals surface area contributed by atoms with E-state index in [-0.39, 0.29) is 17.9 Å². The molecule has 0 saturated carbocycles. The molecule has 2 heterocycles. The highest BCUT2D eigenvalue weighted by molar-refractivity contribution is 6.35. The molecule has 0 spiro atoms. The van der Waals surface area contributed by atoms with Crippen molar-refractivity contribution in [1.82, 2.24) is 15.1 Å². The average Bonchev–Trinajstić information content (AvgIpc) is 2.48. The average molecular weight is 281 g/mol. The van der Waals surface area contributed by atoms with E-state index in [1.54, 1.807) is 9.80 Å². The molecule has 0 radical (unpaired) electrons. The summed E-state index contributed by atoms with van der Waals surface area (Å²) in [4.78, 5) is 27.9. The summed E-state index contributed by atoms with van der Waals surface area (Å²) in [5.41, 5.74) is 0. The van der Waals surface area contributed by atoms with Crippen molar-refractivity contribution in [3.05, 3.63) is 0 Å². The maximum absolute atomic E-state index is 12.2. The topological polar surface area (TPSA) is 52.6 Å². The van der Waals surface area contributed by atoms with E-state index in [1.165, 1.54) is 12.8 Å². The second kappa shape index (κ2) is 7.07. The molecule has 114 valence electrons. The summed E-state index contributed by atoms with van der Waals surface area (Å²) in [5.74, 6) is -0.0685. The van der Waals surface area contributed by atoms with Gasteiger partial charge in [-0.05, 0) is 12.3 Å². The van der Waals surface area contributed by atoms with E-state index < -0.39 is 0 Å². The number of rotatable bonds is 6. The highest BCUT2D eigenvalue weighted by atomic mass is 16.2. The van der Waals surface area contributed by atoms with Gasteiger partial charge in [0, 0.05) is 32.7 Å². The first kappa shape index (κ1) is 15.3. The van der Waals surface area contributed by atoms with Crippen LogP contribution in [0.2, 0.25) is 0 Å². The first-order valence-electron chi connectivity index (χ1n) is 7.97. The fourth-order valence-corrected chi connectivity index (χ4v) is 3.17. The third-order valence-corrected chi connectivity index (χ3v) is 4.53. The predicted molar refractivity (Wildman–Crippen MR) is 78.3 cm³/mol. The Kier molecular flexibility index (Phi) is 5.40. The van der Waals surface area contributed by atoms with Crippen LogP contribution in [0.15, 0.2) is 0 Å². The number of hydrogen-bond acceptors (Lipinski definition) is 3. The molecule has 20 heavy (non-hydrogen) atoms. The van der Waals surface area contributed by atoms with Crippen molar-refractivity contribution in [3.8, 4) is 0 Å². The Hall–Kier alpha value is -1.10. The van der Waals surface area contributed by atoms with Crippen LogP contribution < -0.4 is 5.32 Å². The molecule has 2 rings (SSSR count). The Labute approximate surface area is 121 Å². The van der Waals surface area contributed by atoms with Crippen molar-refractivity contribution < 1.29 is 9.59 Å². The summed E-state index contributed by atoms with van der Waals surface area (Å²) < 4.78 is 0. The minimum atomic E-state index is -0.298. The number of nitrogens with one attached hydrogen (secondary N) is 1. The van der Waals surface area contributed by atoms with E-state index >= 15 is 0 Å². The van der Waals surface area contributed by atoms with Crippen molar-refractivity contribution in [2.75, 3.05) is 32.7 Å². The number of fused-ring (bicyclic) bond motifs is 1. The van der Waals surface area contributed by atoms with Gasteiger partial charge in [0.25, 0.3) is 0 Å². The lowest BCUT2D eigenvalue weighted by molar-refractivity contribution is -0.160. The van der Waals surface area contributed by atoms with Gasteiger partial charge in [0.1, 0.15) is 0 Å². The maximum atomic E-state index is 12.2. The van der Waals surface area contributed by atoms with Crippen LogP contribution in [0.3, 0.4) is 0 Å². The Morgan fingerprint density at radius 3 is 2.80 bits per heavy atom. The van der Waals surface area contributed by atoms with Crippen molar-refractivity contribution in [2.45, 2.75) is 45.6 Å². The number of unbranched alkanes of at least 4 members (excludes halogenated alkanes) is 1. The maximum Gasteiger partial charge on any atom is 0.312 e. The van der Waals surface area contributed by atoms with Gasteiger partial charge in [0.05, 0.1) is 6.04 Å². The SMILES string of the molecule is CCCCC(CC)CN1CC2CNCCN2C(=O)C1=O. The van der Waals surface area contributed by atoms with Gasteiger partial charge in [-0.2, -0.15) is 0 Å². The molecule has 5 nitrogen and oxygen atoms in total. The lowest BCUT2D eigenvalue weighted by Crippen LogP contribution is -2.66. The highest BCUT2D eigenvalue weighted by Gasteiger charge is 2.40. The van der Waals surface area contributed by atoms with E-state index in [1.807, 2.05) is 0 Å². The van der Waals surface area contributed by atoms with E-state index in [0.717, 1.165) is 32.5 Å². The van der Waals surface area contributed by atoms with E-state index in [9.17, 15) is 9.59 Å². The first-order chi connectivity index (χ1) is 9.67. The van der Waals surface area contributed by atoms with Crippen molar-refractivity contribution >= 4 is 11.8 Å². The minimum Gasteiger partial charge on any atom is -0.332 e. The molecule has 2 amide bonds. The number of carbonyl (C=O) groups is 2. The molecule has 2 aliphatic rings. The fraction of sp³-hybridized carbons (Fsp3) is 0.867. The summed E-state index contributed by atoms with van der Waals surface area (Å²) in [6, 6.07) is 0.164. The number of amides is 2. The van der Waals surface area contributed by atoms with E-state index in [0.29, 0.717) is 19.0 Å².